The first-order valence-electron chi connectivity index (χ1n) is 4.16. The molecule has 0 unspecified atom stereocenters. The molecule has 1 aliphatic heterocycles. The van der Waals surface area contributed by atoms with Crippen molar-refractivity contribution in [1.82, 2.24) is 5.32 Å². The number of hydrogen-bond donors (Lipinski definition) is 1. The minimum atomic E-state index is -0.947. The molecule has 1 heterocycles. The summed E-state index contributed by atoms with van der Waals surface area (Å²) in [6.45, 7) is 0. The SMILES string of the molecule is O=C1NC(=O)N(c2cccc(Cl)c2Br)C1=O. The highest BCUT2D eigenvalue weighted by Crippen LogP contribution is 2.33. The molecule has 1 saturated heterocycles. The van der Waals surface area contributed by atoms with E-state index < -0.39 is 17.8 Å². The normalized spacial score (nSPS) is 15.6. The fourth-order valence-electron chi connectivity index (χ4n) is 1.28. The first-order valence-corrected chi connectivity index (χ1v) is 5.33. The molecule has 82 valence electrons. The Morgan fingerprint density at radius 3 is 2.50 bits per heavy atom. The molecule has 0 saturated carbocycles. The van der Waals surface area contributed by atoms with Crippen molar-refractivity contribution >= 4 is 51.1 Å². The summed E-state index contributed by atoms with van der Waals surface area (Å²) in [5.41, 5.74) is 0.237. The van der Waals surface area contributed by atoms with Crippen molar-refractivity contribution in [2.75, 3.05) is 4.90 Å². The second kappa shape index (κ2) is 3.88. The molecule has 0 atom stereocenters. The molecular formula is C9H4BrClN2O3. The molecule has 1 N–H and O–H groups in total. The quantitative estimate of drug-likeness (QED) is 0.634. The maximum absolute atomic E-state index is 11.4. The zero-order chi connectivity index (χ0) is 11.9. The summed E-state index contributed by atoms with van der Waals surface area (Å²) < 4.78 is 0.384. The number of hydrogen-bond acceptors (Lipinski definition) is 3. The Labute approximate surface area is 103 Å². The summed E-state index contributed by atoms with van der Waals surface area (Å²) in [6.07, 6.45) is 0. The second-order valence-corrected chi connectivity index (χ2v) is 4.17. The smallest absolute Gasteiger partial charge is 0.269 e. The van der Waals surface area contributed by atoms with Crippen LogP contribution >= 0.6 is 27.5 Å². The minimum Gasteiger partial charge on any atom is -0.269 e. The third-order valence-electron chi connectivity index (χ3n) is 1.99. The largest absolute Gasteiger partial charge is 0.336 e. The van der Waals surface area contributed by atoms with E-state index in [0.717, 1.165) is 4.90 Å². The summed E-state index contributed by atoms with van der Waals surface area (Å²) in [5.74, 6) is -1.87. The van der Waals surface area contributed by atoms with Gasteiger partial charge in [-0.1, -0.05) is 17.7 Å². The van der Waals surface area contributed by atoms with Crippen molar-refractivity contribution in [2.45, 2.75) is 0 Å². The highest BCUT2D eigenvalue weighted by Gasteiger charge is 2.39. The van der Waals surface area contributed by atoms with Crippen molar-refractivity contribution < 1.29 is 14.4 Å². The average Bonchev–Trinajstić information content (AvgIpc) is 2.47. The van der Waals surface area contributed by atoms with Crippen LogP contribution in [0.15, 0.2) is 22.7 Å². The van der Waals surface area contributed by atoms with Gasteiger partial charge in [0.2, 0.25) is 0 Å². The lowest BCUT2D eigenvalue weighted by molar-refractivity contribution is -0.134. The van der Waals surface area contributed by atoms with Crippen molar-refractivity contribution in [3.8, 4) is 0 Å². The van der Waals surface area contributed by atoms with Crippen molar-refractivity contribution in [3.05, 3.63) is 27.7 Å². The lowest BCUT2D eigenvalue weighted by atomic mass is 10.3. The molecule has 0 spiro atoms. The number of urea groups is 1. The Bertz CT molecular complexity index is 517. The molecule has 1 fully saturated rings. The summed E-state index contributed by atoms with van der Waals surface area (Å²) in [7, 11) is 0. The van der Waals surface area contributed by atoms with Crippen LogP contribution < -0.4 is 10.2 Å². The van der Waals surface area contributed by atoms with E-state index in [1.807, 2.05) is 5.32 Å². The Morgan fingerprint density at radius 2 is 1.94 bits per heavy atom. The Hall–Kier alpha value is -1.40. The van der Waals surface area contributed by atoms with Gasteiger partial charge in [0, 0.05) is 0 Å². The summed E-state index contributed by atoms with van der Waals surface area (Å²) in [6, 6.07) is 3.89. The molecule has 1 aromatic carbocycles. The van der Waals surface area contributed by atoms with Gasteiger partial charge in [-0.05, 0) is 28.1 Å². The fourth-order valence-corrected chi connectivity index (χ4v) is 1.90. The standard InChI is InChI=1S/C9H4BrClN2O3/c10-6-4(11)2-1-3-5(6)13-8(15)7(14)12-9(13)16/h1-3H,(H,12,14,16). The zero-order valence-electron chi connectivity index (χ0n) is 7.66. The molecule has 1 aliphatic rings. The van der Waals surface area contributed by atoms with Gasteiger partial charge in [-0.25, -0.2) is 9.69 Å². The number of nitrogens with one attached hydrogen (secondary N) is 1. The van der Waals surface area contributed by atoms with Gasteiger partial charge < -0.3 is 0 Å². The Morgan fingerprint density at radius 1 is 1.25 bits per heavy atom. The van der Waals surface area contributed by atoms with Crippen molar-refractivity contribution in [1.29, 1.82) is 0 Å². The Kier molecular flexibility index (Phi) is 2.69. The minimum absolute atomic E-state index is 0.237. The van der Waals surface area contributed by atoms with Gasteiger partial charge >= 0.3 is 17.8 Å². The highest BCUT2D eigenvalue weighted by atomic mass is 79.9. The predicted octanol–water partition coefficient (Wildman–Crippen LogP) is 1.69. The molecule has 5 nitrogen and oxygen atoms in total. The maximum Gasteiger partial charge on any atom is 0.336 e. The van der Waals surface area contributed by atoms with Crippen LogP contribution in [0.25, 0.3) is 0 Å². The summed E-state index contributed by atoms with van der Waals surface area (Å²) >= 11 is 8.97. The average molecular weight is 303 g/mol. The first-order chi connectivity index (χ1) is 7.52. The topological polar surface area (TPSA) is 66.5 Å². The second-order valence-electron chi connectivity index (χ2n) is 2.97. The molecule has 2 rings (SSSR count). The molecule has 4 amide bonds. The number of anilines is 1. The third-order valence-corrected chi connectivity index (χ3v) is 3.37. The van der Waals surface area contributed by atoms with Crippen LogP contribution in [0.5, 0.6) is 0 Å². The van der Waals surface area contributed by atoms with Gasteiger partial charge in [-0.2, -0.15) is 0 Å². The number of halogens is 2. The van der Waals surface area contributed by atoms with Crippen LogP contribution in [0.1, 0.15) is 0 Å². The lowest BCUT2D eigenvalue weighted by Gasteiger charge is -2.13. The van der Waals surface area contributed by atoms with Crippen LogP contribution in [-0.4, -0.2) is 17.8 Å². The number of benzene rings is 1. The molecule has 7 heteroatoms. The molecule has 0 aromatic heterocycles. The van der Waals surface area contributed by atoms with E-state index in [0.29, 0.717) is 9.50 Å². The van der Waals surface area contributed by atoms with E-state index >= 15 is 0 Å². The number of rotatable bonds is 1. The number of amides is 4. The van der Waals surface area contributed by atoms with Crippen LogP contribution in [0.3, 0.4) is 0 Å². The van der Waals surface area contributed by atoms with Crippen molar-refractivity contribution in [2.24, 2.45) is 0 Å². The van der Waals surface area contributed by atoms with Crippen LogP contribution in [0, 0.1) is 0 Å². The van der Waals surface area contributed by atoms with Crippen LogP contribution in [0.4, 0.5) is 10.5 Å². The van der Waals surface area contributed by atoms with E-state index in [1.54, 1.807) is 12.1 Å². The van der Waals surface area contributed by atoms with Crippen molar-refractivity contribution in [3.63, 3.8) is 0 Å². The molecular weight excluding hydrogens is 299 g/mol. The van der Waals surface area contributed by atoms with E-state index in [1.165, 1.54) is 6.07 Å². The zero-order valence-corrected chi connectivity index (χ0v) is 10.0. The van der Waals surface area contributed by atoms with Gasteiger partial charge in [-0.3, -0.25) is 14.9 Å². The highest BCUT2D eigenvalue weighted by molar-refractivity contribution is 9.10. The molecule has 0 radical (unpaired) electrons. The molecule has 1 aromatic rings. The predicted molar refractivity (Wildman–Crippen MR) is 60.2 cm³/mol. The maximum atomic E-state index is 11.4. The fraction of sp³-hybridized carbons (Fsp3) is 0. The number of carbonyl (C=O) groups is 3. The number of nitrogens with zero attached hydrogens (tertiary/aromatic N) is 1. The Balaban J connectivity index is 2.53. The van der Waals surface area contributed by atoms with Gasteiger partial charge in [0.25, 0.3) is 0 Å². The first kappa shape index (κ1) is 11.1. The monoisotopic (exact) mass is 302 g/mol. The third kappa shape index (κ3) is 1.60. The number of carbonyl (C=O) groups excluding carboxylic acids is 3. The van der Waals surface area contributed by atoms with Gasteiger partial charge in [-0.15, -0.1) is 0 Å². The van der Waals surface area contributed by atoms with Gasteiger partial charge in [0.15, 0.2) is 0 Å². The summed E-state index contributed by atoms with van der Waals surface area (Å²) in [5, 5.41) is 2.24. The summed E-state index contributed by atoms with van der Waals surface area (Å²) in [4.78, 5) is 34.5. The van der Waals surface area contributed by atoms with E-state index in [9.17, 15) is 14.4 Å². The number of imide groups is 2. The molecule has 0 aliphatic carbocycles. The van der Waals surface area contributed by atoms with Gasteiger partial charge in [0.05, 0.1) is 15.2 Å². The van der Waals surface area contributed by atoms with E-state index in [2.05, 4.69) is 15.9 Å². The van der Waals surface area contributed by atoms with Crippen LogP contribution in [0.2, 0.25) is 5.02 Å². The molecule has 0 bridgehead atoms. The van der Waals surface area contributed by atoms with E-state index in [4.69, 9.17) is 11.6 Å². The van der Waals surface area contributed by atoms with E-state index in [-0.39, 0.29) is 5.69 Å². The van der Waals surface area contributed by atoms with Crippen LogP contribution in [-0.2, 0) is 9.59 Å². The lowest BCUT2D eigenvalue weighted by Crippen LogP contribution is -2.31. The molecule has 16 heavy (non-hydrogen) atoms. The van der Waals surface area contributed by atoms with Gasteiger partial charge in [0.1, 0.15) is 0 Å².